The fourth-order valence-electron chi connectivity index (χ4n) is 3.75. The number of benzene rings is 1. The number of carbonyl (C=O) groups is 2. The van der Waals surface area contributed by atoms with Crippen molar-refractivity contribution in [2.45, 2.75) is 31.8 Å². The van der Waals surface area contributed by atoms with Crippen molar-refractivity contribution in [2.75, 3.05) is 38.2 Å². The third-order valence-corrected chi connectivity index (χ3v) is 6.61. The molecule has 27 heavy (non-hydrogen) atoms. The first-order valence-electron chi connectivity index (χ1n) is 9.67. The SMILES string of the molecule is COc1ccccc1CNC(=O)C(=O)NCC1CCN(C2CCSC2)CC1. The van der Waals surface area contributed by atoms with Crippen LogP contribution in [0.1, 0.15) is 24.8 Å². The lowest BCUT2D eigenvalue weighted by molar-refractivity contribution is -0.139. The largest absolute Gasteiger partial charge is 0.496 e. The maximum absolute atomic E-state index is 12.1. The second-order valence-corrected chi connectivity index (χ2v) is 8.35. The van der Waals surface area contributed by atoms with Gasteiger partial charge in [-0.3, -0.25) is 14.5 Å². The monoisotopic (exact) mass is 391 g/mol. The Hall–Kier alpha value is -1.73. The lowest BCUT2D eigenvalue weighted by atomic mass is 9.95. The molecule has 3 rings (SSSR count). The van der Waals surface area contributed by atoms with Crippen molar-refractivity contribution in [1.82, 2.24) is 15.5 Å². The van der Waals surface area contributed by atoms with Crippen molar-refractivity contribution < 1.29 is 14.3 Å². The highest BCUT2D eigenvalue weighted by Gasteiger charge is 2.27. The van der Waals surface area contributed by atoms with E-state index in [1.54, 1.807) is 7.11 Å². The minimum absolute atomic E-state index is 0.272. The summed E-state index contributed by atoms with van der Waals surface area (Å²) in [7, 11) is 1.59. The molecule has 0 spiro atoms. The summed E-state index contributed by atoms with van der Waals surface area (Å²) in [5.74, 6) is 2.55. The van der Waals surface area contributed by atoms with E-state index in [1.165, 1.54) is 17.9 Å². The van der Waals surface area contributed by atoms with E-state index in [4.69, 9.17) is 4.74 Å². The van der Waals surface area contributed by atoms with Gasteiger partial charge in [-0.15, -0.1) is 0 Å². The molecule has 148 valence electrons. The van der Waals surface area contributed by atoms with Gasteiger partial charge in [0.2, 0.25) is 0 Å². The number of ether oxygens (including phenoxy) is 1. The maximum Gasteiger partial charge on any atom is 0.309 e. The molecule has 2 aliphatic rings. The number of nitrogens with one attached hydrogen (secondary N) is 2. The Morgan fingerprint density at radius 2 is 1.89 bits per heavy atom. The van der Waals surface area contributed by atoms with E-state index in [0.29, 0.717) is 18.2 Å². The summed E-state index contributed by atoms with van der Waals surface area (Å²) in [4.78, 5) is 26.7. The number of para-hydroxylation sites is 1. The van der Waals surface area contributed by atoms with Crippen LogP contribution in [0.2, 0.25) is 0 Å². The van der Waals surface area contributed by atoms with E-state index in [0.717, 1.165) is 37.5 Å². The van der Waals surface area contributed by atoms with Gasteiger partial charge in [-0.2, -0.15) is 11.8 Å². The number of hydrogen-bond donors (Lipinski definition) is 2. The fraction of sp³-hybridized carbons (Fsp3) is 0.600. The molecular weight excluding hydrogens is 362 g/mol. The quantitative estimate of drug-likeness (QED) is 0.722. The molecule has 0 saturated carbocycles. The number of carbonyl (C=O) groups excluding carboxylic acids is 2. The van der Waals surface area contributed by atoms with Crippen molar-refractivity contribution >= 4 is 23.6 Å². The molecule has 0 radical (unpaired) electrons. The highest BCUT2D eigenvalue weighted by Crippen LogP contribution is 2.26. The molecule has 0 bridgehead atoms. The van der Waals surface area contributed by atoms with E-state index in [9.17, 15) is 9.59 Å². The third-order valence-electron chi connectivity index (χ3n) is 5.46. The van der Waals surface area contributed by atoms with Crippen molar-refractivity contribution in [2.24, 2.45) is 5.92 Å². The number of hydrogen-bond acceptors (Lipinski definition) is 5. The third kappa shape index (κ3) is 5.62. The zero-order chi connectivity index (χ0) is 19.1. The summed E-state index contributed by atoms with van der Waals surface area (Å²) in [6, 6.07) is 8.19. The average Bonchev–Trinajstić information content (AvgIpc) is 3.25. The number of amides is 2. The minimum atomic E-state index is -0.596. The molecule has 2 aliphatic heterocycles. The molecule has 7 heteroatoms. The first kappa shape index (κ1) is 20.0. The molecule has 1 aromatic carbocycles. The zero-order valence-corrected chi connectivity index (χ0v) is 16.7. The van der Waals surface area contributed by atoms with Gasteiger partial charge in [0.1, 0.15) is 5.75 Å². The van der Waals surface area contributed by atoms with Crippen LogP contribution in [-0.2, 0) is 16.1 Å². The summed E-state index contributed by atoms with van der Waals surface area (Å²) in [6.45, 7) is 3.06. The molecule has 2 amide bonds. The summed E-state index contributed by atoms with van der Waals surface area (Å²) in [5.41, 5.74) is 0.846. The van der Waals surface area contributed by atoms with Gasteiger partial charge in [-0.1, -0.05) is 18.2 Å². The lowest BCUT2D eigenvalue weighted by Gasteiger charge is -2.35. The van der Waals surface area contributed by atoms with Gasteiger partial charge in [0, 0.05) is 30.4 Å². The van der Waals surface area contributed by atoms with Gasteiger partial charge < -0.3 is 15.4 Å². The van der Waals surface area contributed by atoms with Crippen LogP contribution in [0, 0.1) is 5.92 Å². The Morgan fingerprint density at radius 3 is 2.59 bits per heavy atom. The predicted octanol–water partition coefficient (Wildman–Crippen LogP) is 1.65. The molecule has 2 N–H and O–H groups in total. The van der Waals surface area contributed by atoms with E-state index in [-0.39, 0.29) is 6.54 Å². The van der Waals surface area contributed by atoms with E-state index >= 15 is 0 Å². The van der Waals surface area contributed by atoms with Gasteiger partial charge in [0.25, 0.3) is 0 Å². The number of thioether (sulfide) groups is 1. The van der Waals surface area contributed by atoms with Crippen molar-refractivity contribution in [3.05, 3.63) is 29.8 Å². The zero-order valence-electron chi connectivity index (χ0n) is 15.9. The number of likely N-dealkylation sites (tertiary alicyclic amines) is 1. The van der Waals surface area contributed by atoms with Crippen LogP contribution < -0.4 is 15.4 Å². The van der Waals surface area contributed by atoms with Crippen LogP contribution in [0.4, 0.5) is 0 Å². The Kier molecular flexibility index (Phi) is 7.41. The molecule has 6 nitrogen and oxygen atoms in total. The molecule has 1 atom stereocenters. The Balaban J connectivity index is 1.36. The first-order valence-corrected chi connectivity index (χ1v) is 10.8. The van der Waals surface area contributed by atoms with Gasteiger partial charge in [0.15, 0.2) is 0 Å². The van der Waals surface area contributed by atoms with Gasteiger partial charge in [0.05, 0.1) is 7.11 Å². The van der Waals surface area contributed by atoms with Crippen LogP contribution in [0.25, 0.3) is 0 Å². The lowest BCUT2D eigenvalue weighted by Crippen LogP contribution is -2.45. The standard InChI is InChI=1S/C20H29N3O3S/c1-26-18-5-3-2-4-16(18)13-22-20(25)19(24)21-12-15-6-9-23(10-7-15)17-8-11-27-14-17/h2-5,15,17H,6-14H2,1H3,(H,21,24)(H,22,25). The number of methoxy groups -OCH3 is 1. The Bertz CT molecular complexity index is 641. The highest BCUT2D eigenvalue weighted by atomic mass is 32.2. The van der Waals surface area contributed by atoms with Crippen LogP contribution in [0.5, 0.6) is 5.75 Å². The first-order chi connectivity index (χ1) is 13.2. The van der Waals surface area contributed by atoms with E-state index in [2.05, 4.69) is 15.5 Å². The predicted molar refractivity (Wildman–Crippen MR) is 108 cm³/mol. The summed E-state index contributed by atoms with van der Waals surface area (Å²) < 4.78 is 5.25. The molecule has 0 aliphatic carbocycles. The Labute approximate surface area is 165 Å². The smallest absolute Gasteiger partial charge is 0.309 e. The number of piperidine rings is 1. The summed E-state index contributed by atoms with van der Waals surface area (Å²) >= 11 is 2.05. The summed E-state index contributed by atoms with van der Waals surface area (Å²) in [6.07, 6.45) is 3.48. The van der Waals surface area contributed by atoms with Crippen molar-refractivity contribution in [3.63, 3.8) is 0 Å². The van der Waals surface area contributed by atoms with Crippen LogP contribution in [-0.4, -0.2) is 61.0 Å². The van der Waals surface area contributed by atoms with Gasteiger partial charge in [-0.05, 0) is 50.1 Å². The number of rotatable bonds is 6. The molecular formula is C20H29N3O3S. The van der Waals surface area contributed by atoms with Crippen LogP contribution in [0.15, 0.2) is 24.3 Å². The molecule has 0 aromatic heterocycles. The van der Waals surface area contributed by atoms with Crippen molar-refractivity contribution in [1.29, 1.82) is 0 Å². The van der Waals surface area contributed by atoms with E-state index < -0.39 is 11.8 Å². The normalized spacial score (nSPS) is 21.0. The summed E-state index contributed by atoms with van der Waals surface area (Å²) in [5, 5.41) is 5.46. The highest BCUT2D eigenvalue weighted by molar-refractivity contribution is 7.99. The van der Waals surface area contributed by atoms with Crippen LogP contribution >= 0.6 is 11.8 Å². The van der Waals surface area contributed by atoms with Gasteiger partial charge >= 0.3 is 11.8 Å². The molecule has 2 fully saturated rings. The second kappa shape index (κ2) is 9.99. The van der Waals surface area contributed by atoms with Crippen molar-refractivity contribution in [3.8, 4) is 5.75 Å². The molecule has 1 unspecified atom stereocenters. The average molecular weight is 392 g/mol. The maximum atomic E-state index is 12.1. The molecule has 2 heterocycles. The minimum Gasteiger partial charge on any atom is -0.496 e. The van der Waals surface area contributed by atoms with E-state index in [1.807, 2.05) is 36.0 Å². The fourth-order valence-corrected chi connectivity index (χ4v) is 5.01. The second-order valence-electron chi connectivity index (χ2n) is 7.20. The van der Waals surface area contributed by atoms with Crippen LogP contribution in [0.3, 0.4) is 0 Å². The molecule has 1 aromatic rings. The number of nitrogens with zero attached hydrogens (tertiary/aromatic N) is 1. The molecule has 2 saturated heterocycles. The topological polar surface area (TPSA) is 70.7 Å². The Morgan fingerprint density at radius 1 is 1.15 bits per heavy atom. The van der Waals surface area contributed by atoms with Gasteiger partial charge in [-0.25, -0.2) is 0 Å².